The molecule has 0 bridgehead atoms. The number of aromatic nitrogens is 2. The van der Waals surface area contributed by atoms with Crippen molar-refractivity contribution in [1.29, 1.82) is 0 Å². The van der Waals surface area contributed by atoms with E-state index in [4.69, 9.17) is 9.15 Å². The van der Waals surface area contributed by atoms with E-state index in [-0.39, 0.29) is 11.7 Å². The maximum Gasteiger partial charge on any atom is 0.293 e. The number of nitrogens with one attached hydrogen (secondary N) is 3. The van der Waals surface area contributed by atoms with Crippen LogP contribution in [0, 0.1) is 0 Å². The monoisotopic (exact) mass is 448 g/mol. The Hall–Kier alpha value is -3.43. The number of carbonyl (C=O) groups excluding carboxylic acids is 1. The van der Waals surface area contributed by atoms with E-state index >= 15 is 0 Å². The number of hydrogen-bond donors (Lipinski definition) is 3. The number of benzene rings is 1. The van der Waals surface area contributed by atoms with Gasteiger partial charge < -0.3 is 30.0 Å². The lowest BCUT2D eigenvalue weighted by molar-refractivity contribution is 0.0904. The molecule has 0 unspecified atom stereocenters. The fraction of sp³-hybridized carbons (Fsp3) is 0.375. The molecular formula is C24H28N6O3. The summed E-state index contributed by atoms with van der Waals surface area (Å²) >= 11 is 0. The first-order valence-electron chi connectivity index (χ1n) is 11.4. The van der Waals surface area contributed by atoms with Gasteiger partial charge in [0.1, 0.15) is 0 Å². The van der Waals surface area contributed by atoms with E-state index in [1.807, 2.05) is 30.3 Å². The smallest absolute Gasteiger partial charge is 0.293 e. The van der Waals surface area contributed by atoms with Gasteiger partial charge >= 0.3 is 0 Å². The molecule has 4 heterocycles. The number of oxazole rings is 1. The number of nitrogens with zero attached hydrogens (tertiary/aromatic N) is 3. The predicted octanol–water partition coefficient (Wildman–Crippen LogP) is 2.99. The third-order valence-corrected chi connectivity index (χ3v) is 5.96. The van der Waals surface area contributed by atoms with Gasteiger partial charge in [0.2, 0.25) is 11.7 Å². The average Bonchev–Trinajstić information content (AvgIpc) is 3.37. The van der Waals surface area contributed by atoms with Crippen LogP contribution in [0.3, 0.4) is 0 Å². The number of piperazine rings is 1. The Labute approximate surface area is 192 Å². The molecule has 0 saturated carbocycles. The fourth-order valence-corrected chi connectivity index (χ4v) is 4.15. The minimum Gasteiger partial charge on any atom is -0.431 e. The second-order valence-corrected chi connectivity index (χ2v) is 8.22. The van der Waals surface area contributed by atoms with Gasteiger partial charge in [-0.25, -0.2) is 4.98 Å². The van der Waals surface area contributed by atoms with Crippen LogP contribution < -0.4 is 20.9 Å². The summed E-state index contributed by atoms with van der Waals surface area (Å²) in [6.45, 7) is 5.16. The SMILES string of the molecule is O=C(Nc1cnccc1N1CCNCC1)c1cnc(-c2ccc(NC3CCOCC3)cc2)o1. The van der Waals surface area contributed by atoms with Crippen LogP contribution in [0.25, 0.3) is 11.5 Å². The summed E-state index contributed by atoms with van der Waals surface area (Å²) in [5, 5.41) is 9.80. The Morgan fingerprint density at radius 3 is 2.64 bits per heavy atom. The van der Waals surface area contributed by atoms with Crippen LogP contribution in [0.5, 0.6) is 0 Å². The molecule has 33 heavy (non-hydrogen) atoms. The first-order chi connectivity index (χ1) is 16.3. The molecule has 0 radical (unpaired) electrons. The van der Waals surface area contributed by atoms with Crippen LogP contribution >= 0.6 is 0 Å². The van der Waals surface area contributed by atoms with Crippen molar-refractivity contribution in [3.8, 4) is 11.5 Å². The Bertz CT molecular complexity index is 1070. The standard InChI is InChI=1S/C24H28N6O3/c31-23(29-20-15-26-8-5-21(20)30-11-9-25-10-12-30)22-16-27-24(33-22)17-1-3-18(4-2-17)28-19-6-13-32-14-7-19/h1-5,8,15-16,19,25,28H,6-7,9-14H2,(H,29,31). The Morgan fingerprint density at radius 1 is 1.06 bits per heavy atom. The highest BCUT2D eigenvalue weighted by molar-refractivity contribution is 6.04. The topological polar surface area (TPSA) is 105 Å². The maximum atomic E-state index is 12.8. The van der Waals surface area contributed by atoms with Crippen molar-refractivity contribution in [3.63, 3.8) is 0 Å². The van der Waals surface area contributed by atoms with Gasteiger partial charge in [-0.3, -0.25) is 9.78 Å². The summed E-state index contributed by atoms with van der Waals surface area (Å²) in [5.41, 5.74) is 3.47. The Kier molecular flexibility index (Phi) is 6.50. The third kappa shape index (κ3) is 5.15. The molecule has 2 aliphatic heterocycles. The molecule has 9 heteroatoms. The fourth-order valence-electron chi connectivity index (χ4n) is 4.15. The molecule has 2 aliphatic rings. The molecule has 172 valence electrons. The van der Waals surface area contributed by atoms with E-state index in [9.17, 15) is 4.79 Å². The second kappa shape index (κ2) is 10.0. The lowest BCUT2D eigenvalue weighted by Crippen LogP contribution is -2.43. The summed E-state index contributed by atoms with van der Waals surface area (Å²) in [4.78, 5) is 23.6. The third-order valence-electron chi connectivity index (χ3n) is 5.96. The lowest BCUT2D eigenvalue weighted by atomic mass is 10.1. The summed E-state index contributed by atoms with van der Waals surface area (Å²) < 4.78 is 11.2. The molecule has 9 nitrogen and oxygen atoms in total. The highest BCUT2D eigenvalue weighted by Crippen LogP contribution is 2.27. The highest BCUT2D eigenvalue weighted by Gasteiger charge is 2.19. The van der Waals surface area contributed by atoms with Crippen LogP contribution in [0.15, 0.2) is 53.3 Å². The van der Waals surface area contributed by atoms with Crippen molar-refractivity contribution in [2.24, 2.45) is 0 Å². The number of carbonyl (C=O) groups is 1. The molecule has 3 aromatic rings. The van der Waals surface area contributed by atoms with E-state index in [0.29, 0.717) is 17.6 Å². The molecule has 5 rings (SSSR count). The lowest BCUT2D eigenvalue weighted by Gasteiger charge is -2.30. The predicted molar refractivity (Wildman–Crippen MR) is 127 cm³/mol. The quantitative estimate of drug-likeness (QED) is 0.529. The summed E-state index contributed by atoms with van der Waals surface area (Å²) in [5.74, 6) is 0.215. The van der Waals surface area contributed by atoms with Crippen molar-refractivity contribution >= 4 is 23.0 Å². The van der Waals surface area contributed by atoms with Crippen molar-refractivity contribution < 1.29 is 13.9 Å². The molecule has 2 fully saturated rings. The number of rotatable bonds is 6. The van der Waals surface area contributed by atoms with Gasteiger partial charge in [-0.2, -0.15) is 0 Å². The second-order valence-electron chi connectivity index (χ2n) is 8.22. The van der Waals surface area contributed by atoms with Gasteiger partial charge in [-0.15, -0.1) is 0 Å². The van der Waals surface area contributed by atoms with E-state index in [0.717, 1.165) is 69.2 Å². The van der Waals surface area contributed by atoms with Crippen molar-refractivity contribution in [3.05, 3.63) is 54.7 Å². The number of hydrogen-bond acceptors (Lipinski definition) is 8. The zero-order valence-electron chi connectivity index (χ0n) is 18.4. The molecular weight excluding hydrogens is 420 g/mol. The van der Waals surface area contributed by atoms with Gasteiger partial charge in [0.15, 0.2) is 0 Å². The van der Waals surface area contributed by atoms with Crippen molar-refractivity contribution in [2.75, 3.05) is 54.9 Å². The highest BCUT2D eigenvalue weighted by atomic mass is 16.5. The van der Waals surface area contributed by atoms with Crippen LogP contribution in [-0.2, 0) is 4.74 Å². The summed E-state index contributed by atoms with van der Waals surface area (Å²) in [7, 11) is 0. The molecule has 0 atom stereocenters. The Morgan fingerprint density at radius 2 is 1.85 bits per heavy atom. The van der Waals surface area contributed by atoms with Gasteiger partial charge in [-0.1, -0.05) is 0 Å². The number of anilines is 3. The maximum absolute atomic E-state index is 12.8. The van der Waals surface area contributed by atoms with Crippen molar-refractivity contribution in [1.82, 2.24) is 15.3 Å². The molecule has 2 aromatic heterocycles. The normalized spacial score (nSPS) is 17.0. The van der Waals surface area contributed by atoms with Crippen LogP contribution in [0.4, 0.5) is 17.1 Å². The Balaban J connectivity index is 1.25. The largest absolute Gasteiger partial charge is 0.431 e. The van der Waals surface area contributed by atoms with E-state index in [1.54, 1.807) is 12.4 Å². The number of amides is 1. The minimum absolute atomic E-state index is 0.157. The number of pyridine rings is 1. The van der Waals surface area contributed by atoms with E-state index < -0.39 is 0 Å². The molecule has 1 aromatic carbocycles. The van der Waals surface area contributed by atoms with Crippen LogP contribution in [0.1, 0.15) is 23.4 Å². The molecule has 0 aliphatic carbocycles. The van der Waals surface area contributed by atoms with Crippen LogP contribution in [-0.4, -0.2) is 61.3 Å². The van der Waals surface area contributed by atoms with Gasteiger partial charge in [-0.05, 0) is 43.2 Å². The molecule has 0 spiro atoms. The van der Waals surface area contributed by atoms with Gasteiger partial charge in [0.05, 0.1) is 23.8 Å². The first kappa shape index (κ1) is 21.4. The number of ether oxygens (including phenoxy) is 1. The molecule has 1 amide bonds. The van der Waals surface area contributed by atoms with E-state index in [1.165, 1.54) is 6.20 Å². The zero-order chi connectivity index (χ0) is 22.5. The van der Waals surface area contributed by atoms with Gasteiger partial charge in [0, 0.05) is 62.9 Å². The summed E-state index contributed by atoms with van der Waals surface area (Å²) in [6.07, 6.45) is 6.87. The summed E-state index contributed by atoms with van der Waals surface area (Å²) in [6, 6.07) is 10.2. The van der Waals surface area contributed by atoms with Gasteiger partial charge in [0.25, 0.3) is 5.91 Å². The molecule has 3 N–H and O–H groups in total. The zero-order valence-corrected chi connectivity index (χ0v) is 18.4. The van der Waals surface area contributed by atoms with E-state index in [2.05, 4.69) is 30.8 Å². The first-order valence-corrected chi connectivity index (χ1v) is 11.4. The van der Waals surface area contributed by atoms with Crippen molar-refractivity contribution in [2.45, 2.75) is 18.9 Å². The van der Waals surface area contributed by atoms with Crippen LogP contribution in [0.2, 0.25) is 0 Å². The average molecular weight is 449 g/mol. The minimum atomic E-state index is -0.351. The molecule has 2 saturated heterocycles.